The number of alkyl halides is 6. The van der Waals surface area contributed by atoms with E-state index in [1.54, 1.807) is 0 Å². The molecule has 0 radical (unpaired) electrons. The van der Waals surface area contributed by atoms with Gasteiger partial charge in [0.1, 0.15) is 0 Å². The maximum Gasteiger partial charge on any atom is 0.208 e. The number of sulfone groups is 1. The van der Waals surface area contributed by atoms with Crippen molar-refractivity contribution in [3.63, 3.8) is 0 Å². The molecule has 0 aliphatic rings. The van der Waals surface area contributed by atoms with Crippen LogP contribution < -0.4 is 0 Å². The molecule has 0 N–H and O–H groups in total. The van der Waals surface area contributed by atoms with Gasteiger partial charge in [-0.1, -0.05) is 168 Å². The number of hydrogen-bond acceptors (Lipinski definition) is 2. The molecular weight excluding hydrogens is 808 g/mol. The van der Waals surface area contributed by atoms with Crippen LogP contribution in [-0.2, 0) is 14.1 Å². The summed E-state index contributed by atoms with van der Waals surface area (Å²) in [6, 6.07) is 22.4. The fourth-order valence-electron chi connectivity index (χ4n) is 3.61. The van der Waals surface area contributed by atoms with Crippen molar-refractivity contribution in [1.82, 2.24) is 0 Å². The Labute approximate surface area is 230 Å². The molecule has 4 aromatic carbocycles. The van der Waals surface area contributed by atoms with Gasteiger partial charge in [-0.3, -0.25) is 0 Å². The molecule has 2 nitrogen and oxygen atoms in total. The lowest BCUT2D eigenvalue weighted by Crippen LogP contribution is -2.15. The van der Waals surface area contributed by atoms with Crippen LogP contribution in [0.1, 0.15) is 11.1 Å². The van der Waals surface area contributed by atoms with Crippen LogP contribution in [0.3, 0.4) is 0 Å². The van der Waals surface area contributed by atoms with E-state index in [0.717, 1.165) is 10.8 Å². The van der Waals surface area contributed by atoms with Gasteiger partial charge in [-0.05, 0) is 10.8 Å². The molecule has 9 heteroatoms. The van der Waals surface area contributed by atoms with Crippen molar-refractivity contribution in [2.45, 2.75) is 14.1 Å². The summed E-state index contributed by atoms with van der Waals surface area (Å²) in [6.07, 6.45) is 0. The van der Waals surface area contributed by atoms with Crippen molar-refractivity contribution in [2.24, 2.45) is 0 Å². The van der Waals surface area contributed by atoms with Gasteiger partial charge in [0.15, 0.2) is 4.29 Å². The minimum atomic E-state index is -4.00. The number of fused-ring (bicyclic) bond motifs is 2. The summed E-state index contributed by atoms with van der Waals surface area (Å²) < 4.78 is 27.1. The van der Waals surface area contributed by atoms with Gasteiger partial charge in [0.25, 0.3) is 0 Å². The second-order valence-corrected chi connectivity index (χ2v) is 22.2. The third kappa shape index (κ3) is 4.62. The Morgan fingerprint density at radius 2 is 0.871 bits per heavy atom. The van der Waals surface area contributed by atoms with Gasteiger partial charge in [-0.15, -0.1) is 0 Å². The molecule has 0 spiro atoms. The maximum absolute atomic E-state index is 14.5. The molecule has 0 saturated heterocycles. The Kier molecular flexibility index (Phi) is 6.90. The molecule has 31 heavy (non-hydrogen) atoms. The normalized spacial score (nSPS) is 13.1. The summed E-state index contributed by atoms with van der Waals surface area (Å²) in [4.78, 5) is 0.455. The van der Waals surface area contributed by atoms with Crippen molar-refractivity contribution in [1.29, 1.82) is 0 Å². The van der Waals surface area contributed by atoms with Gasteiger partial charge in [0, 0.05) is 21.9 Å². The van der Waals surface area contributed by atoms with Crippen LogP contribution in [0.25, 0.3) is 21.5 Å². The lowest BCUT2D eigenvalue weighted by atomic mass is 10.1. The molecule has 160 valence electrons. The summed E-state index contributed by atoms with van der Waals surface area (Å²) in [5.41, 5.74) is 1.10. The summed E-state index contributed by atoms with van der Waals surface area (Å²) in [7, 11) is -4.00. The zero-order valence-corrected chi connectivity index (χ0v) is 25.8. The third-order valence-corrected chi connectivity index (χ3v) is 9.43. The van der Waals surface area contributed by atoms with Crippen molar-refractivity contribution < 1.29 is 8.42 Å². The first-order valence-electron chi connectivity index (χ1n) is 8.85. The Morgan fingerprint density at radius 1 is 0.516 bits per heavy atom. The van der Waals surface area contributed by atoms with Crippen molar-refractivity contribution >= 4 is 127 Å². The highest BCUT2D eigenvalue weighted by Crippen LogP contribution is 2.53. The summed E-state index contributed by atoms with van der Waals surface area (Å²) >= 11 is 21.2. The van der Waals surface area contributed by atoms with Crippen molar-refractivity contribution in [3.05, 3.63) is 83.9 Å². The lowest BCUT2D eigenvalue weighted by molar-refractivity contribution is 0.596. The van der Waals surface area contributed by atoms with Gasteiger partial charge in [-0.2, -0.15) is 0 Å². The molecule has 0 saturated carbocycles. The highest BCUT2D eigenvalue weighted by atomic mass is 80.0. The molecule has 0 unspecified atom stereocenters. The van der Waals surface area contributed by atoms with E-state index in [9.17, 15) is 8.42 Å². The van der Waals surface area contributed by atoms with E-state index < -0.39 is 14.1 Å². The summed E-state index contributed by atoms with van der Waals surface area (Å²) in [5, 5.41) is 2.97. The number of rotatable bonds is 2. The van der Waals surface area contributed by atoms with E-state index in [4.69, 9.17) is 0 Å². The second-order valence-electron chi connectivity index (χ2n) is 6.83. The van der Waals surface area contributed by atoms with Crippen molar-refractivity contribution in [2.75, 3.05) is 0 Å². The number of benzene rings is 4. The topological polar surface area (TPSA) is 34.1 Å². The van der Waals surface area contributed by atoms with E-state index >= 15 is 0 Å². The Bertz CT molecular complexity index is 1320. The SMILES string of the molecule is O=S(=O)(c1c(C(Br)(Br)Br)ccc2ccccc12)c1c(C(Br)(Br)Br)ccc2ccccc12. The smallest absolute Gasteiger partial charge is 0.208 e. The second kappa shape index (κ2) is 8.78. The molecule has 0 aromatic heterocycles. The van der Waals surface area contributed by atoms with E-state index in [1.807, 2.05) is 72.8 Å². The predicted octanol–water partition coefficient (Wildman–Crippen LogP) is 9.42. The van der Waals surface area contributed by atoms with Crippen LogP contribution >= 0.6 is 95.6 Å². The van der Waals surface area contributed by atoms with Gasteiger partial charge in [0.05, 0.1) is 9.79 Å². The Morgan fingerprint density at radius 3 is 1.23 bits per heavy atom. The van der Waals surface area contributed by atoms with Crippen LogP contribution in [0.4, 0.5) is 0 Å². The van der Waals surface area contributed by atoms with E-state index in [1.165, 1.54) is 0 Å². The highest BCUT2D eigenvalue weighted by molar-refractivity contribution is 9.39. The van der Waals surface area contributed by atoms with Gasteiger partial charge < -0.3 is 0 Å². The largest absolute Gasteiger partial charge is 0.218 e. The first kappa shape index (κ1) is 24.4. The first-order valence-corrected chi connectivity index (χ1v) is 15.1. The quantitative estimate of drug-likeness (QED) is 0.189. The molecule has 0 aliphatic heterocycles. The minimum Gasteiger partial charge on any atom is -0.218 e. The molecular formula is C22H12Br6O2S. The van der Waals surface area contributed by atoms with E-state index in [2.05, 4.69) is 95.6 Å². The average molecular weight is 820 g/mol. The van der Waals surface area contributed by atoms with E-state index in [0.29, 0.717) is 21.9 Å². The fraction of sp³-hybridized carbons (Fsp3) is 0.0909. The molecule has 0 amide bonds. The molecule has 0 heterocycles. The summed E-state index contributed by atoms with van der Waals surface area (Å²) in [5.74, 6) is 0. The predicted molar refractivity (Wildman–Crippen MR) is 150 cm³/mol. The summed E-state index contributed by atoms with van der Waals surface area (Å²) in [6.45, 7) is 0. The van der Waals surface area contributed by atoms with Crippen LogP contribution in [0.15, 0.2) is 82.6 Å². The molecule has 0 aliphatic carbocycles. The molecule has 0 fully saturated rings. The third-order valence-electron chi connectivity index (χ3n) is 4.91. The molecule has 4 aromatic rings. The minimum absolute atomic E-state index is 0.227. The number of hydrogen-bond donors (Lipinski definition) is 0. The zero-order valence-electron chi connectivity index (χ0n) is 15.4. The number of halogens is 6. The van der Waals surface area contributed by atoms with Crippen LogP contribution in [0.2, 0.25) is 0 Å². The fourth-order valence-corrected chi connectivity index (χ4v) is 8.56. The van der Waals surface area contributed by atoms with Gasteiger partial charge in [0.2, 0.25) is 9.84 Å². The van der Waals surface area contributed by atoms with Crippen LogP contribution in [0, 0.1) is 0 Å². The van der Waals surface area contributed by atoms with Crippen LogP contribution in [0.5, 0.6) is 0 Å². The lowest BCUT2D eigenvalue weighted by Gasteiger charge is -2.24. The monoisotopic (exact) mass is 814 g/mol. The first-order chi connectivity index (χ1) is 14.4. The van der Waals surface area contributed by atoms with Crippen molar-refractivity contribution in [3.8, 4) is 0 Å². The Hall–Kier alpha value is 0.230. The van der Waals surface area contributed by atoms with Gasteiger partial charge in [-0.25, -0.2) is 8.42 Å². The van der Waals surface area contributed by atoms with Crippen LogP contribution in [-0.4, -0.2) is 8.42 Å². The highest BCUT2D eigenvalue weighted by Gasteiger charge is 2.37. The standard InChI is InChI=1S/C22H12Br6O2S/c23-21(24,25)17-11-9-13-5-1-3-7-15(13)19(17)31(29,30)20-16-8-4-2-6-14(16)10-12-18(20)22(26,27)28/h1-12H. The zero-order chi connectivity index (χ0) is 22.6. The molecule has 0 atom stereocenters. The van der Waals surface area contributed by atoms with E-state index in [-0.39, 0.29) is 9.79 Å². The average Bonchev–Trinajstić information content (AvgIpc) is 2.70. The Balaban J connectivity index is 2.22. The van der Waals surface area contributed by atoms with Gasteiger partial charge >= 0.3 is 0 Å². The molecule has 4 rings (SSSR count). The molecule has 0 bridgehead atoms. The maximum atomic E-state index is 14.5.